The minimum Gasteiger partial charge on any atom is -0.508 e. The molecule has 2 aromatic carbocycles. The maximum Gasteiger partial charge on any atom is 0.319 e. The highest BCUT2D eigenvalue weighted by atomic mass is 19.1. The van der Waals surface area contributed by atoms with Crippen LogP contribution in [0.2, 0.25) is 0 Å². The van der Waals surface area contributed by atoms with E-state index in [1.807, 2.05) is 9.80 Å². The Balaban J connectivity index is 1.16. The average Bonchev–Trinajstić information content (AvgIpc) is 3.78. The number of alkyl halides is 1. The van der Waals surface area contributed by atoms with E-state index in [1.54, 1.807) is 0 Å². The van der Waals surface area contributed by atoms with Gasteiger partial charge in [-0.25, -0.2) is 13.2 Å². The van der Waals surface area contributed by atoms with Crippen LogP contribution in [0, 0.1) is 24.0 Å². The van der Waals surface area contributed by atoms with E-state index in [-0.39, 0.29) is 76.4 Å². The first-order chi connectivity index (χ1) is 26.1. The fourth-order valence-electron chi connectivity index (χ4n) is 9.05. The molecule has 4 aromatic rings. The van der Waals surface area contributed by atoms with Crippen LogP contribution in [0.3, 0.4) is 0 Å². The third kappa shape index (κ3) is 6.24. The Hall–Kier alpha value is -5.42. The van der Waals surface area contributed by atoms with Crippen molar-refractivity contribution < 1.29 is 32.6 Å². The Morgan fingerprint density at radius 1 is 1.17 bits per heavy atom. The van der Waals surface area contributed by atoms with Crippen LogP contribution in [0.4, 0.5) is 19.0 Å². The van der Waals surface area contributed by atoms with Crippen LogP contribution >= 0.6 is 0 Å². The van der Waals surface area contributed by atoms with Crippen molar-refractivity contribution in [3.8, 4) is 35.4 Å². The van der Waals surface area contributed by atoms with Crippen molar-refractivity contribution in [3.05, 3.63) is 60.3 Å². The Morgan fingerprint density at radius 3 is 2.72 bits per heavy atom. The number of halogens is 3. The van der Waals surface area contributed by atoms with Crippen LogP contribution in [0.1, 0.15) is 50.5 Å². The number of benzene rings is 2. The summed E-state index contributed by atoms with van der Waals surface area (Å²) in [6.07, 6.45) is 11.7. The summed E-state index contributed by atoms with van der Waals surface area (Å²) in [4.78, 5) is 44.8. The number of carbonyl (C=O) groups is 2. The first-order valence-corrected chi connectivity index (χ1v) is 18.4. The van der Waals surface area contributed by atoms with Crippen molar-refractivity contribution in [2.45, 2.75) is 68.7 Å². The third-order valence-electron chi connectivity index (χ3n) is 11.4. The summed E-state index contributed by atoms with van der Waals surface area (Å²) in [5.74, 6) is 0.763. The molecule has 4 fully saturated rings. The lowest BCUT2D eigenvalue weighted by atomic mass is 9.95. The standard InChI is InChI=1S/C40H40F3N7O4/c1-3-28-31(42)11-8-23-15-27(51)16-29(34(23)28)36-35(43)37-30(18-45-36)38(47-39(46-37)54-22-40-12-6-14-49(40)19-24(41)17-40)48-20-25-9-10-26(21-48)50(25)33(53)7-5-13-44-32(52)4-2/h1,4,8,11,15-16,18,24-26,51H,2,5-7,9-10,12-14,17,19-22H2,(H,44,52). The maximum atomic E-state index is 17.0. The number of aromatic nitrogens is 3. The van der Waals surface area contributed by atoms with Gasteiger partial charge >= 0.3 is 6.01 Å². The zero-order chi connectivity index (χ0) is 37.7. The van der Waals surface area contributed by atoms with E-state index in [2.05, 4.69) is 32.7 Å². The number of piperazine rings is 1. The highest BCUT2D eigenvalue weighted by Gasteiger charge is 2.49. The summed E-state index contributed by atoms with van der Waals surface area (Å²) in [5, 5.41) is 14.2. The monoisotopic (exact) mass is 739 g/mol. The average molecular weight is 740 g/mol. The Morgan fingerprint density at radius 2 is 1.96 bits per heavy atom. The van der Waals surface area contributed by atoms with Gasteiger partial charge in [-0.2, -0.15) is 9.97 Å². The maximum absolute atomic E-state index is 17.0. The number of phenolic OH excluding ortho intramolecular Hbond substituents is 1. The highest BCUT2D eigenvalue weighted by molar-refractivity contribution is 6.03. The first-order valence-electron chi connectivity index (χ1n) is 18.4. The normalized spacial score (nSPS) is 23.5. The second-order valence-electron chi connectivity index (χ2n) is 14.7. The number of terminal acetylenes is 1. The number of phenols is 1. The molecule has 0 spiro atoms. The van der Waals surface area contributed by atoms with Crippen molar-refractivity contribution >= 4 is 39.3 Å². The number of nitrogens with zero attached hydrogens (tertiary/aromatic N) is 6. The van der Waals surface area contributed by atoms with E-state index in [0.29, 0.717) is 55.6 Å². The first kappa shape index (κ1) is 35.6. The highest BCUT2D eigenvalue weighted by Crippen LogP contribution is 2.42. The fourth-order valence-corrected chi connectivity index (χ4v) is 9.05. The largest absolute Gasteiger partial charge is 0.508 e. The lowest BCUT2D eigenvalue weighted by Gasteiger charge is -2.42. The number of rotatable bonds is 10. The van der Waals surface area contributed by atoms with Gasteiger partial charge in [0.15, 0.2) is 5.82 Å². The lowest BCUT2D eigenvalue weighted by molar-refractivity contribution is -0.134. The summed E-state index contributed by atoms with van der Waals surface area (Å²) in [6, 6.07) is 5.04. The number of hydrogen-bond acceptors (Lipinski definition) is 9. The van der Waals surface area contributed by atoms with Crippen LogP contribution in [0.5, 0.6) is 11.8 Å². The molecule has 8 rings (SSSR count). The molecule has 280 valence electrons. The smallest absolute Gasteiger partial charge is 0.319 e. The Labute approximate surface area is 310 Å². The van der Waals surface area contributed by atoms with Gasteiger partial charge < -0.3 is 25.0 Å². The molecule has 4 unspecified atom stereocenters. The number of amides is 2. The SMILES string of the molecule is C#Cc1c(F)ccc2cc(O)cc(-c3ncc4c(N5CC6CCC(C5)N6C(=O)CCCNC(=O)C=C)nc(OCC56CCCN5CC(F)C6)nc4c3F)c12. The van der Waals surface area contributed by atoms with Gasteiger partial charge in [0.25, 0.3) is 0 Å². The van der Waals surface area contributed by atoms with Crippen LogP contribution in [0.25, 0.3) is 32.9 Å². The molecule has 2 aromatic heterocycles. The van der Waals surface area contributed by atoms with Gasteiger partial charge in [-0.1, -0.05) is 18.6 Å². The molecule has 2 amide bonds. The van der Waals surface area contributed by atoms with E-state index in [9.17, 15) is 23.5 Å². The second-order valence-corrected chi connectivity index (χ2v) is 14.7. The molecule has 54 heavy (non-hydrogen) atoms. The van der Waals surface area contributed by atoms with Crippen molar-refractivity contribution in [1.82, 2.24) is 30.1 Å². The molecule has 4 atom stereocenters. The topological polar surface area (TPSA) is 124 Å². The Bertz CT molecular complexity index is 2220. The minimum absolute atomic E-state index is 0.00754. The number of nitrogens with one attached hydrogen (secondary N) is 1. The zero-order valence-electron chi connectivity index (χ0n) is 29.7. The molecule has 4 aliphatic heterocycles. The molecule has 4 aliphatic rings. The summed E-state index contributed by atoms with van der Waals surface area (Å²) in [5.41, 5.74) is -0.802. The molecule has 0 radical (unpaired) electrons. The quantitative estimate of drug-likeness (QED) is 0.131. The lowest BCUT2D eigenvalue weighted by Crippen LogP contribution is -2.56. The molecule has 14 heteroatoms. The van der Waals surface area contributed by atoms with Crippen LogP contribution in [-0.4, -0.2) is 105 Å². The van der Waals surface area contributed by atoms with Crippen LogP contribution in [-0.2, 0) is 9.59 Å². The van der Waals surface area contributed by atoms with Crippen LogP contribution in [0.15, 0.2) is 43.1 Å². The van der Waals surface area contributed by atoms with Crippen molar-refractivity contribution in [3.63, 3.8) is 0 Å². The Kier molecular flexibility index (Phi) is 9.29. The molecule has 0 aliphatic carbocycles. The van der Waals surface area contributed by atoms with Gasteiger partial charge in [0.1, 0.15) is 41.4 Å². The number of fused-ring (bicyclic) bond motifs is 5. The molecule has 0 saturated carbocycles. The number of anilines is 1. The third-order valence-corrected chi connectivity index (χ3v) is 11.4. The van der Waals surface area contributed by atoms with E-state index in [4.69, 9.17) is 16.1 Å². The molecule has 2 bridgehead atoms. The fraction of sp³-hybridized carbons (Fsp3) is 0.425. The molecule has 11 nitrogen and oxygen atoms in total. The number of carbonyl (C=O) groups excluding carboxylic acids is 2. The van der Waals surface area contributed by atoms with Crippen LogP contribution < -0.4 is 15.0 Å². The summed E-state index contributed by atoms with van der Waals surface area (Å²) in [6.45, 7) is 5.89. The van der Waals surface area contributed by atoms with Crippen molar-refractivity contribution in [1.29, 1.82) is 0 Å². The van der Waals surface area contributed by atoms with Crippen molar-refractivity contribution in [2.75, 3.05) is 44.2 Å². The van der Waals surface area contributed by atoms with Crippen molar-refractivity contribution in [2.24, 2.45) is 0 Å². The van der Waals surface area contributed by atoms with E-state index in [1.165, 1.54) is 36.5 Å². The predicted molar refractivity (Wildman–Crippen MR) is 197 cm³/mol. The van der Waals surface area contributed by atoms with Gasteiger partial charge in [0, 0.05) is 68.3 Å². The zero-order valence-corrected chi connectivity index (χ0v) is 29.7. The van der Waals surface area contributed by atoms with E-state index < -0.39 is 23.3 Å². The molecule has 4 saturated heterocycles. The summed E-state index contributed by atoms with van der Waals surface area (Å²) in [7, 11) is 0. The number of pyridine rings is 1. The number of hydrogen-bond donors (Lipinski definition) is 2. The number of aromatic hydroxyl groups is 1. The van der Waals surface area contributed by atoms with Gasteiger partial charge in [0.05, 0.1) is 16.5 Å². The molecular formula is C40H40F3N7O4. The minimum atomic E-state index is -0.969. The molecular weight excluding hydrogens is 699 g/mol. The van der Waals surface area contributed by atoms with E-state index in [0.717, 1.165) is 32.2 Å². The van der Waals surface area contributed by atoms with E-state index >= 15 is 4.39 Å². The number of ether oxygens (including phenoxy) is 1. The molecule has 6 heterocycles. The second kappa shape index (κ2) is 14.1. The van der Waals surface area contributed by atoms with Gasteiger partial charge in [-0.05, 0) is 68.3 Å². The van der Waals surface area contributed by atoms with Gasteiger partial charge in [-0.15, -0.1) is 6.42 Å². The predicted octanol–water partition coefficient (Wildman–Crippen LogP) is 5.03. The van der Waals surface area contributed by atoms with Gasteiger partial charge in [0.2, 0.25) is 11.8 Å². The molecule has 2 N–H and O–H groups in total. The summed E-state index contributed by atoms with van der Waals surface area (Å²) < 4.78 is 52.9. The van der Waals surface area contributed by atoms with Gasteiger partial charge in [-0.3, -0.25) is 19.5 Å². The summed E-state index contributed by atoms with van der Waals surface area (Å²) >= 11 is 0.